The van der Waals surface area contributed by atoms with Gasteiger partial charge < -0.3 is 5.32 Å². The third-order valence-corrected chi connectivity index (χ3v) is 1.18. The van der Waals surface area contributed by atoms with E-state index in [0.29, 0.717) is 5.92 Å². The Morgan fingerprint density at radius 1 is 1.50 bits per heavy atom. The quantitative estimate of drug-likeness (QED) is 0.401. The zero-order valence-corrected chi connectivity index (χ0v) is 10.5. The maximum atomic E-state index is 3.84. The summed E-state index contributed by atoms with van der Waals surface area (Å²) in [6.45, 7) is 8.07. The van der Waals surface area contributed by atoms with E-state index in [1.165, 1.54) is 0 Å². The van der Waals surface area contributed by atoms with Gasteiger partial charge in [0.05, 0.1) is 0 Å². The van der Waals surface area contributed by atoms with Gasteiger partial charge in [-0.25, -0.2) is 0 Å². The molecule has 0 atom stereocenters. The van der Waals surface area contributed by atoms with Crippen LogP contribution in [0, 0.1) is 5.92 Å². The molecule has 0 rings (SSSR count). The smallest absolute Gasteiger partial charge is 0.693 e. The summed E-state index contributed by atoms with van der Waals surface area (Å²) in [7, 11) is 1.75. The van der Waals surface area contributed by atoms with Gasteiger partial charge in [0, 0.05) is 0 Å². The summed E-state index contributed by atoms with van der Waals surface area (Å²) < 4.78 is 0. The number of allylic oxidation sites excluding steroid dienone is 2. The monoisotopic (exact) mass is 163 g/mol. The third-order valence-electron chi connectivity index (χ3n) is 1.18. The minimum atomic E-state index is 0. The Bertz CT molecular complexity index is 116. The van der Waals surface area contributed by atoms with Crippen molar-refractivity contribution in [2.24, 2.45) is 5.92 Å². The maximum absolute atomic E-state index is 3.84. The summed E-state index contributed by atoms with van der Waals surface area (Å²) in [5.41, 5.74) is 1.13. The van der Waals surface area contributed by atoms with Gasteiger partial charge in [-0.15, -0.1) is 7.05 Å². The number of hydrogen-bond acceptors (Lipinski definition) is 0. The number of hydrogen-bond donors (Lipinski definition) is 0. The molecule has 0 heterocycles. The molecule has 0 spiro atoms. The molecule has 0 saturated carbocycles. The predicted octanol–water partition coefficient (Wildman–Crippen LogP) is -0.280. The zero-order chi connectivity index (χ0) is 7.28. The molecule has 2 heteroatoms. The first-order valence-corrected chi connectivity index (χ1v) is 3.12. The van der Waals surface area contributed by atoms with Crippen molar-refractivity contribution in [2.75, 3.05) is 7.05 Å². The molecule has 0 radical (unpaired) electrons. The summed E-state index contributed by atoms with van der Waals surface area (Å²) in [5.74, 6) is 0.531. The van der Waals surface area contributed by atoms with Crippen LogP contribution in [0.2, 0.25) is 0 Å². The molecule has 0 saturated heterocycles. The fourth-order valence-electron chi connectivity index (χ4n) is 0.363. The van der Waals surface area contributed by atoms with Gasteiger partial charge in [-0.05, 0) is 5.92 Å². The SMILES string of the molecule is C=C(/C=C\[N-]C)C(C)C.[K+]. The molecule has 0 aromatic heterocycles. The van der Waals surface area contributed by atoms with E-state index in [-0.39, 0.29) is 51.4 Å². The predicted molar refractivity (Wildman–Crippen MR) is 42.4 cm³/mol. The molecule has 10 heavy (non-hydrogen) atoms. The van der Waals surface area contributed by atoms with Gasteiger partial charge in [0.2, 0.25) is 0 Å². The summed E-state index contributed by atoms with van der Waals surface area (Å²) in [6.07, 6.45) is 3.70. The van der Waals surface area contributed by atoms with Crippen LogP contribution in [0.4, 0.5) is 0 Å². The topological polar surface area (TPSA) is 14.1 Å². The largest absolute Gasteiger partial charge is 1.00 e. The first-order valence-electron chi connectivity index (χ1n) is 3.12. The Labute approximate surface area is 106 Å². The van der Waals surface area contributed by atoms with Crippen LogP contribution in [0.5, 0.6) is 0 Å². The molecule has 52 valence electrons. The van der Waals surface area contributed by atoms with Crippen molar-refractivity contribution >= 4 is 0 Å². The Balaban J connectivity index is 0. The minimum Gasteiger partial charge on any atom is -0.693 e. The first-order chi connectivity index (χ1) is 4.18. The second-order valence-electron chi connectivity index (χ2n) is 2.30. The van der Waals surface area contributed by atoms with Crippen LogP contribution >= 0.6 is 0 Å². The first kappa shape index (κ1) is 13.5. The van der Waals surface area contributed by atoms with Crippen molar-refractivity contribution in [1.82, 2.24) is 0 Å². The number of rotatable bonds is 3. The summed E-state index contributed by atoms with van der Waals surface area (Å²) in [6, 6.07) is 0. The summed E-state index contributed by atoms with van der Waals surface area (Å²) in [4.78, 5) is 0. The van der Waals surface area contributed by atoms with E-state index in [9.17, 15) is 0 Å². The molecule has 0 aliphatic heterocycles. The molecular weight excluding hydrogens is 149 g/mol. The van der Waals surface area contributed by atoms with E-state index in [1.807, 2.05) is 6.08 Å². The molecule has 0 aromatic carbocycles. The van der Waals surface area contributed by atoms with Gasteiger partial charge >= 0.3 is 51.4 Å². The zero-order valence-electron chi connectivity index (χ0n) is 7.39. The van der Waals surface area contributed by atoms with E-state index in [1.54, 1.807) is 13.2 Å². The van der Waals surface area contributed by atoms with Crippen LogP contribution in [-0.2, 0) is 0 Å². The van der Waals surface area contributed by atoms with Gasteiger partial charge in [-0.1, -0.05) is 32.1 Å². The average Bonchev–Trinajstić information content (AvgIpc) is 1.82. The van der Waals surface area contributed by atoms with E-state index in [2.05, 4.69) is 25.7 Å². The second kappa shape index (κ2) is 8.02. The number of nitrogens with zero attached hydrogens (tertiary/aromatic N) is 1. The fourth-order valence-corrected chi connectivity index (χ4v) is 0.363. The molecule has 0 bridgehead atoms. The van der Waals surface area contributed by atoms with Crippen molar-refractivity contribution in [2.45, 2.75) is 13.8 Å². The van der Waals surface area contributed by atoms with Crippen molar-refractivity contribution in [3.63, 3.8) is 0 Å². The molecule has 0 amide bonds. The van der Waals surface area contributed by atoms with Crippen LogP contribution < -0.4 is 51.4 Å². The Morgan fingerprint density at radius 2 is 2.00 bits per heavy atom. The van der Waals surface area contributed by atoms with E-state index in [0.717, 1.165) is 5.57 Å². The summed E-state index contributed by atoms with van der Waals surface area (Å²) in [5, 5.41) is 3.82. The summed E-state index contributed by atoms with van der Waals surface area (Å²) >= 11 is 0. The Morgan fingerprint density at radius 3 is 2.30 bits per heavy atom. The van der Waals surface area contributed by atoms with Crippen molar-refractivity contribution in [3.8, 4) is 0 Å². The maximum Gasteiger partial charge on any atom is 1.00 e. The molecule has 0 N–H and O–H groups in total. The molecule has 1 nitrogen and oxygen atoms in total. The second-order valence-corrected chi connectivity index (χ2v) is 2.30. The Hall–Kier alpha value is 0.916. The van der Waals surface area contributed by atoms with Crippen molar-refractivity contribution < 1.29 is 51.4 Å². The molecule has 0 fully saturated rings. The standard InChI is InChI=1S/C8H14N.K/c1-7(2)8(3)5-6-9-4;/h5-7H,3H2,1-2,4H3;/q-1;+1/b6-5-;. The molecule has 0 aromatic rings. The fraction of sp³-hybridized carbons (Fsp3) is 0.500. The van der Waals surface area contributed by atoms with Gasteiger partial charge in [-0.2, -0.15) is 6.20 Å². The van der Waals surface area contributed by atoms with Crippen LogP contribution in [0.25, 0.3) is 5.32 Å². The van der Waals surface area contributed by atoms with Crippen LogP contribution in [0.1, 0.15) is 13.8 Å². The van der Waals surface area contributed by atoms with E-state index < -0.39 is 0 Å². The van der Waals surface area contributed by atoms with Crippen molar-refractivity contribution in [3.05, 3.63) is 29.7 Å². The van der Waals surface area contributed by atoms with Gasteiger partial charge in [-0.3, -0.25) is 0 Å². The average molecular weight is 163 g/mol. The van der Waals surface area contributed by atoms with Crippen LogP contribution in [-0.4, -0.2) is 7.05 Å². The minimum absolute atomic E-state index is 0. The van der Waals surface area contributed by atoms with Gasteiger partial charge in [0.25, 0.3) is 0 Å². The third kappa shape index (κ3) is 7.03. The van der Waals surface area contributed by atoms with Crippen LogP contribution in [0.15, 0.2) is 24.4 Å². The Kier molecular flexibility index (Phi) is 10.8. The van der Waals surface area contributed by atoms with Crippen LogP contribution in [0.3, 0.4) is 0 Å². The van der Waals surface area contributed by atoms with Gasteiger partial charge in [0.15, 0.2) is 0 Å². The molecular formula is C8H14KN. The molecule has 0 aliphatic rings. The van der Waals surface area contributed by atoms with Gasteiger partial charge in [0.1, 0.15) is 0 Å². The normalized spacial score (nSPS) is 9.60. The molecule has 0 aliphatic carbocycles. The van der Waals surface area contributed by atoms with E-state index >= 15 is 0 Å². The van der Waals surface area contributed by atoms with E-state index in [4.69, 9.17) is 0 Å². The molecule has 0 unspecified atom stereocenters. The van der Waals surface area contributed by atoms with Crippen molar-refractivity contribution in [1.29, 1.82) is 0 Å².